The smallest absolute Gasteiger partial charge is 0.230 e. The van der Waals surface area contributed by atoms with E-state index in [4.69, 9.17) is 0 Å². The van der Waals surface area contributed by atoms with Gasteiger partial charge in [0.1, 0.15) is 0 Å². The molecular weight excluding hydrogens is 218 g/mol. The summed E-state index contributed by atoms with van der Waals surface area (Å²) in [6.07, 6.45) is 1.28. The summed E-state index contributed by atoms with van der Waals surface area (Å²) >= 11 is 0. The number of para-hydroxylation sites is 1. The number of fused-ring (bicyclic) bond motifs is 1. The van der Waals surface area contributed by atoms with Crippen molar-refractivity contribution in [3.8, 4) is 0 Å². The van der Waals surface area contributed by atoms with Gasteiger partial charge in [0, 0.05) is 30.0 Å². The summed E-state index contributed by atoms with van der Waals surface area (Å²) in [6, 6.07) is 7.77. The molecule has 17 heavy (non-hydrogen) atoms. The van der Waals surface area contributed by atoms with Crippen LogP contribution in [-0.2, 0) is 16.0 Å². The Hall–Kier alpha value is -1.84. The van der Waals surface area contributed by atoms with Gasteiger partial charge in [-0.3, -0.25) is 4.79 Å². The molecule has 0 aromatic heterocycles. The summed E-state index contributed by atoms with van der Waals surface area (Å²) < 4.78 is 0. The third-order valence-corrected chi connectivity index (χ3v) is 3.56. The van der Waals surface area contributed by atoms with E-state index in [2.05, 4.69) is 0 Å². The van der Waals surface area contributed by atoms with Crippen molar-refractivity contribution in [1.29, 1.82) is 0 Å². The first-order chi connectivity index (χ1) is 8.18. The molecule has 3 rings (SSSR count). The molecule has 1 saturated carbocycles. The third kappa shape index (κ3) is 1.60. The van der Waals surface area contributed by atoms with Crippen molar-refractivity contribution in [2.24, 2.45) is 11.8 Å². The minimum Gasteiger partial charge on any atom is -0.550 e. The fourth-order valence-corrected chi connectivity index (χ4v) is 2.50. The van der Waals surface area contributed by atoms with Crippen molar-refractivity contribution in [2.75, 3.05) is 11.4 Å². The summed E-state index contributed by atoms with van der Waals surface area (Å²) in [5, 5.41) is 10.7. The third-order valence-electron chi connectivity index (χ3n) is 3.56. The fourth-order valence-electron chi connectivity index (χ4n) is 2.50. The van der Waals surface area contributed by atoms with Crippen molar-refractivity contribution in [2.45, 2.75) is 12.8 Å². The molecule has 1 aliphatic heterocycles. The van der Waals surface area contributed by atoms with Crippen LogP contribution in [0.1, 0.15) is 12.0 Å². The quantitative estimate of drug-likeness (QED) is 0.716. The van der Waals surface area contributed by atoms with Gasteiger partial charge >= 0.3 is 0 Å². The van der Waals surface area contributed by atoms with E-state index in [0.717, 1.165) is 17.7 Å². The maximum atomic E-state index is 12.1. The van der Waals surface area contributed by atoms with Gasteiger partial charge in [0.25, 0.3) is 0 Å². The van der Waals surface area contributed by atoms with Gasteiger partial charge in [-0.25, -0.2) is 0 Å². The highest BCUT2D eigenvalue weighted by Crippen LogP contribution is 2.41. The molecule has 0 bridgehead atoms. The van der Waals surface area contributed by atoms with Gasteiger partial charge in [0.05, 0.1) is 0 Å². The lowest BCUT2D eigenvalue weighted by Gasteiger charge is -2.17. The second-order valence-corrected chi connectivity index (χ2v) is 4.64. The Kier molecular flexibility index (Phi) is 2.18. The van der Waals surface area contributed by atoms with Gasteiger partial charge in [-0.05, 0) is 24.5 Å². The Bertz CT molecular complexity index is 497. The molecule has 1 aromatic rings. The van der Waals surface area contributed by atoms with E-state index >= 15 is 0 Å². The standard InChI is InChI=1S/C13H13NO3/c15-12(9-7-10(9)13(16)17)14-6-5-8-3-1-2-4-11(8)14/h1-4,9-10H,5-7H2,(H,16,17)/p-1/t9-,10-/m1/s1. The van der Waals surface area contributed by atoms with Crippen LogP contribution in [0.25, 0.3) is 0 Å². The predicted molar refractivity (Wildman–Crippen MR) is 59.1 cm³/mol. The van der Waals surface area contributed by atoms with E-state index < -0.39 is 11.9 Å². The normalized spacial score (nSPS) is 25.5. The Balaban J connectivity index is 1.79. The van der Waals surface area contributed by atoms with Crippen LogP contribution in [0.3, 0.4) is 0 Å². The van der Waals surface area contributed by atoms with E-state index in [1.807, 2.05) is 24.3 Å². The highest BCUT2D eigenvalue weighted by atomic mass is 16.4. The highest BCUT2D eigenvalue weighted by Gasteiger charge is 2.46. The van der Waals surface area contributed by atoms with Crippen LogP contribution in [0.2, 0.25) is 0 Å². The number of carboxylic acid groups (broad SMARTS) is 1. The van der Waals surface area contributed by atoms with Crippen molar-refractivity contribution in [3.05, 3.63) is 29.8 Å². The maximum absolute atomic E-state index is 12.1. The summed E-state index contributed by atoms with van der Waals surface area (Å²) in [4.78, 5) is 24.5. The topological polar surface area (TPSA) is 60.4 Å². The Morgan fingerprint density at radius 3 is 2.71 bits per heavy atom. The predicted octanol–water partition coefficient (Wildman–Crippen LogP) is -0.0383. The first kappa shape index (κ1) is 10.3. The van der Waals surface area contributed by atoms with Gasteiger partial charge in [-0.2, -0.15) is 0 Å². The zero-order valence-corrected chi connectivity index (χ0v) is 9.26. The van der Waals surface area contributed by atoms with Crippen molar-refractivity contribution >= 4 is 17.6 Å². The molecule has 88 valence electrons. The molecule has 1 aromatic carbocycles. The van der Waals surface area contributed by atoms with Gasteiger partial charge in [0.15, 0.2) is 0 Å². The molecule has 2 atom stereocenters. The van der Waals surface area contributed by atoms with Gasteiger partial charge in [0.2, 0.25) is 5.91 Å². The van der Waals surface area contributed by atoms with Crippen LogP contribution in [-0.4, -0.2) is 18.4 Å². The highest BCUT2D eigenvalue weighted by molar-refractivity contribution is 6.01. The van der Waals surface area contributed by atoms with E-state index in [9.17, 15) is 14.7 Å². The monoisotopic (exact) mass is 230 g/mol. The van der Waals surface area contributed by atoms with E-state index in [0.29, 0.717) is 13.0 Å². The molecule has 1 aliphatic carbocycles. The number of carboxylic acids is 1. The van der Waals surface area contributed by atoms with Crippen LogP contribution in [0.5, 0.6) is 0 Å². The number of hydrogen-bond acceptors (Lipinski definition) is 3. The summed E-state index contributed by atoms with van der Waals surface area (Å²) in [5.41, 5.74) is 2.09. The summed E-state index contributed by atoms with van der Waals surface area (Å²) in [7, 11) is 0. The SMILES string of the molecule is O=C([O-])[C@@H]1C[C@H]1C(=O)N1CCc2ccccc21. The molecule has 2 aliphatic rings. The second-order valence-electron chi connectivity index (χ2n) is 4.64. The lowest BCUT2D eigenvalue weighted by molar-refractivity contribution is -0.308. The summed E-state index contributed by atoms with van der Waals surface area (Å²) in [6.45, 7) is 0.661. The number of benzene rings is 1. The summed E-state index contributed by atoms with van der Waals surface area (Å²) in [5.74, 6) is -2.11. The van der Waals surface area contributed by atoms with Crippen LogP contribution in [0, 0.1) is 11.8 Å². The number of carbonyl (C=O) groups excluding carboxylic acids is 2. The van der Waals surface area contributed by atoms with E-state index in [1.165, 1.54) is 0 Å². The average Bonchev–Trinajstić information content (AvgIpc) is 3.02. The first-order valence-electron chi connectivity index (χ1n) is 5.78. The fraction of sp³-hybridized carbons (Fsp3) is 0.385. The minimum absolute atomic E-state index is 0.0656. The van der Waals surface area contributed by atoms with Gasteiger partial charge in [-0.15, -0.1) is 0 Å². The van der Waals surface area contributed by atoms with E-state index in [-0.39, 0.29) is 11.8 Å². The molecule has 0 unspecified atom stereocenters. The molecule has 0 spiro atoms. The Morgan fingerprint density at radius 2 is 2.00 bits per heavy atom. The Morgan fingerprint density at radius 1 is 1.24 bits per heavy atom. The zero-order valence-electron chi connectivity index (χ0n) is 9.26. The minimum atomic E-state index is -1.10. The van der Waals surface area contributed by atoms with Crippen LogP contribution >= 0.6 is 0 Å². The Labute approximate surface area is 98.9 Å². The second kappa shape index (κ2) is 3.58. The van der Waals surface area contributed by atoms with Gasteiger partial charge < -0.3 is 14.8 Å². The number of amides is 1. The lowest BCUT2D eigenvalue weighted by atomic mass is 10.2. The largest absolute Gasteiger partial charge is 0.550 e. The molecule has 0 N–H and O–H groups in total. The lowest BCUT2D eigenvalue weighted by Crippen LogP contribution is -2.33. The molecular formula is C13H12NO3-. The number of carbonyl (C=O) groups is 2. The van der Waals surface area contributed by atoms with E-state index in [1.54, 1.807) is 4.90 Å². The number of aliphatic carboxylic acids is 1. The van der Waals surface area contributed by atoms with Gasteiger partial charge in [-0.1, -0.05) is 18.2 Å². The number of anilines is 1. The molecule has 0 saturated heterocycles. The van der Waals surface area contributed by atoms with Crippen molar-refractivity contribution in [3.63, 3.8) is 0 Å². The molecule has 4 heteroatoms. The number of rotatable bonds is 2. The molecule has 1 heterocycles. The molecule has 1 amide bonds. The molecule has 0 radical (unpaired) electrons. The average molecular weight is 230 g/mol. The number of hydrogen-bond donors (Lipinski definition) is 0. The van der Waals surface area contributed by atoms with Crippen LogP contribution in [0.15, 0.2) is 24.3 Å². The molecule has 1 fully saturated rings. The van der Waals surface area contributed by atoms with Crippen LogP contribution in [0.4, 0.5) is 5.69 Å². The zero-order chi connectivity index (χ0) is 12.0. The maximum Gasteiger partial charge on any atom is 0.230 e. The number of nitrogens with zero attached hydrogens (tertiary/aromatic N) is 1. The van der Waals surface area contributed by atoms with Crippen LogP contribution < -0.4 is 10.0 Å². The van der Waals surface area contributed by atoms with Crippen molar-refractivity contribution in [1.82, 2.24) is 0 Å². The molecule has 4 nitrogen and oxygen atoms in total. The first-order valence-corrected chi connectivity index (χ1v) is 5.78. The van der Waals surface area contributed by atoms with Crippen molar-refractivity contribution < 1.29 is 14.7 Å².